The molecule has 2 aromatic carbocycles. The average molecular weight is 779 g/mol. The lowest BCUT2D eigenvalue weighted by Crippen LogP contribution is -2.52. The number of carbonyl (C=O) groups is 4. The number of fused-ring (bicyclic) bond motifs is 1. The maximum atomic E-state index is 13.3. The number of rotatable bonds is 9. The van der Waals surface area contributed by atoms with Crippen LogP contribution in [-0.4, -0.2) is 96.4 Å². The highest BCUT2D eigenvalue weighted by Crippen LogP contribution is 2.33. The number of nitrogens with zero attached hydrogens (tertiary/aromatic N) is 6. The van der Waals surface area contributed by atoms with Crippen molar-refractivity contribution in [3.05, 3.63) is 76.4 Å². The number of hydrogen-bond acceptors (Lipinski definition) is 10. The second kappa shape index (κ2) is 16.5. The lowest BCUT2D eigenvalue weighted by atomic mass is 9.86. The Balaban J connectivity index is 0.743. The molecule has 4 fully saturated rings. The first-order valence-corrected chi connectivity index (χ1v) is 20.2. The normalized spacial score (nSPS) is 23.4. The number of amides is 4. The molecule has 0 bridgehead atoms. The van der Waals surface area contributed by atoms with Gasteiger partial charge in [0.05, 0.1) is 28.6 Å². The molecule has 13 nitrogen and oxygen atoms in total. The zero-order valence-corrected chi connectivity index (χ0v) is 32.2. The third kappa shape index (κ3) is 8.32. The highest BCUT2D eigenvalue weighted by Gasteiger charge is 2.39. The molecule has 1 saturated carbocycles. The van der Waals surface area contributed by atoms with E-state index in [1.807, 2.05) is 24.3 Å². The summed E-state index contributed by atoms with van der Waals surface area (Å²) in [7, 11) is 0. The molecular weight excluding hydrogens is 732 g/mol. The van der Waals surface area contributed by atoms with Gasteiger partial charge in [0.2, 0.25) is 17.7 Å². The standard InChI is InChI=1S/C42H47ClN8O5/c43-36-22-34(9-4-29(36)23-44)56-33-7-2-28(3-8-33)40(53)46-31-5-11-38(45-24-31)50-15-13-27(14-16-50)25-48-17-19-49(20-18-48)32-6-1-30-26-51(42(55)35(30)21-32)37-10-12-39(52)47-41(37)54/h1,4-6,9,11,21-22,24,27-28,33,37H,2-3,7-8,10,12-20,25-26H2,(H,46,53)(H,47,52,54). The summed E-state index contributed by atoms with van der Waals surface area (Å²) in [5.74, 6) is 1.34. The zero-order chi connectivity index (χ0) is 38.8. The Morgan fingerprint density at radius 2 is 1.70 bits per heavy atom. The Kier molecular flexibility index (Phi) is 11.1. The number of hydrogen-bond donors (Lipinski definition) is 2. The fourth-order valence-corrected chi connectivity index (χ4v) is 9.04. The van der Waals surface area contributed by atoms with Crippen molar-refractivity contribution < 1.29 is 23.9 Å². The van der Waals surface area contributed by atoms with Crippen LogP contribution in [0.1, 0.15) is 72.9 Å². The second-order valence-electron chi connectivity index (χ2n) is 15.7. The smallest absolute Gasteiger partial charge is 0.255 e. The van der Waals surface area contributed by atoms with Crippen molar-refractivity contribution >= 4 is 52.4 Å². The van der Waals surface area contributed by atoms with Crippen LogP contribution in [0.5, 0.6) is 5.75 Å². The van der Waals surface area contributed by atoms with E-state index in [9.17, 15) is 19.2 Å². The SMILES string of the molecule is N#Cc1ccc(OC2CCC(C(=O)Nc3ccc(N4CCC(CN5CCN(c6ccc7c(c6)C(=O)N(C6CCC(=O)NC6=O)C7)CC5)CC4)nc3)CC2)cc1Cl. The molecule has 3 saturated heterocycles. The largest absolute Gasteiger partial charge is 0.490 e. The molecule has 1 aliphatic carbocycles. The van der Waals surface area contributed by atoms with Gasteiger partial charge in [-0.1, -0.05) is 17.7 Å². The van der Waals surface area contributed by atoms with Crippen LogP contribution in [0.15, 0.2) is 54.7 Å². The number of aromatic nitrogens is 1. The third-order valence-corrected chi connectivity index (χ3v) is 12.4. The lowest BCUT2D eigenvalue weighted by Gasteiger charge is -2.40. The van der Waals surface area contributed by atoms with Gasteiger partial charge in [-0.05, 0) is 92.8 Å². The molecule has 4 aliphatic heterocycles. The number of piperidine rings is 2. The number of anilines is 3. The zero-order valence-electron chi connectivity index (χ0n) is 31.4. The van der Waals surface area contributed by atoms with Crippen LogP contribution in [0, 0.1) is 23.2 Å². The molecule has 5 heterocycles. The maximum Gasteiger partial charge on any atom is 0.255 e. The Morgan fingerprint density at radius 1 is 0.911 bits per heavy atom. The van der Waals surface area contributed by atoms with Gasteiger partial charge in [0.15, 0.2) is 0 Å². The topological polar surface area (TPSA) is 151 Å². The number of nitriles is 1. The number of halogens is 1. The fraction of sp³-hybridized carbons (Fsp3) is 0.476. The molecule has 2 N–H and O–H groups in total. The third-order valence-electron chi connectivity index (χ3n) is 12.1. The number of carbonyl (C=O) groups excluding carboxylic acids is 4. The van der Waals surface area contributed by atoms with Crippen LogP contribution in [-0.2, 0) is 20.9 Å². The van der Waals surface area contributed by atoms with Gasteiger partial charge in [0.25, 0.3) is 5.91 Å². The molecule has 4 amide bonds. The average Bonchev–Trinajstić information content (AvgIpc) is 3.54. The molecule has 1 unspecified atom stereocenters. The number of piperazine rings is 1. The van der Waals surface area contributed by atoms with Gasteiger partial charge in [-0.25, -0.2) is 4.98 Å². The van der Waals surface area contributed by atoms with Gasteiger partial charge in [-0.2, -0.15) is 5.26 Å². The molecular formula is C42H47ClN8O5. The van der Waals surface area contributed by atoms with Gasteiger partial charge in [-0.3, -0.25) is 29.4 Å². The molecule has 0 radical (unpaired) electrons. The molecule has 8 rings (SSSR count). The monoisotopic (exact) mass is 778 g/mol. The van der Waals surface area contributed by atoms with E-state index in [0.29, 0.717) is 46.5 Å². The van der Waals surface area contributed by atoms with Gasteiger partial charge in [-0.15, -0.1) is 0 Å². The Morgan fingerprint density at radius 3 is 2.39 bits per heavy atom. The number of pyridine rings is 1. The Hall–Kier alpha value is -5.19. The van der Waals surface area contributed by atoms with Crippen molar-refractivity contribution in [1.29, 1.82) is 5.26 Å². The molecule has 292 valence electrons. The van der Waals surface area contributed by atoms with Crippen LogP contribution in [0.4, 0.5) is 17.2 Å². The summed E-state index contributed by atoms with van der Waals surface area (Å²) in [5.41, 5.74) is 3.75. The van der Waals surface area contributed by atoms with Gasteiger partial charge in [0, 0.05) is 82.0 Å². The summed E-state index contributed by atoms with van der Waals surface area (Å²) in [6, 6.07) is 16.6. The number of nitrogens with one attached hydrogen (secondary N) is 2. The maximum absolute atomic E-state index is 13.3. The first kappa shape index (κ1) is 37.7. The number of ether oxygens (including phenoxy) is 1. The summed E-state index contributed by atoms with van der Waals surface area (Å²) < 4.78 is 6.08. The van der Waals surface area contributed by atoms with E-state index in [1.54, 1.807) is 29.3 Å². The molecule has 0 spiro atoms. The van der Waals surface area contributed by atoms with Gasteiger partial charge in [0.1, 0.15) is 23.7 Å². The first-order valence-electron chi connectivity index (χ1n) is 19.8. The van der Waals surface area contributed by atoms with Gasteiger partial charge < -0.3 is 24.8 Å². The fourth-order valence-electron chi connectivity index (χ4n) is 8.82. The predicted octanol–water partition coefficient (Wildman–Crippen LogP) is 4.98. The summed E-state index contributed by atoms with van der Waals surface area (Å²) >= 11 is 6.15. The van der Waals surface area contributed by atoms with E-state index in [0.717, 1.165) is 101 Å². The molecule has 5 aliphatic rings. The molecule has 1 atom stereocenters. The van der Waals surface area contributed by atoms with Crippen molar-refractivity contribution in [3.63, 3.8) is 0 Å². The highest BCUT2D eigenvalue weighted by molar-refractivity contribution is 6.31. The quantitative estimate of drug-likeness (QED) is 0.285. The predicted molar refractivity (Wildman–Crippen MR) is 211 cm³/mol. The van der Waals surface area contributed by atoms with Crippen LogP contribution >= 0.6 is 11.6 Å². The minimum absolute atomic E-state index is 0.0117. The van der Waals surface area contributed by atoms with Crippen LogP contribution in [0.3, 0.4) is 0 Å². The van der Waals surface area contributed by atoms with Gasteiger partial charge >= 0.3 is 0 Å². The van der Waals surface area contributed by atoms with E-state index in [1.165, 1.54) is 0 Å². The minimum atomic E-state index is -0.601. The van der Waals surface area contributed by atoms with E-state index in [-0.39, 0.29) is 42.1 Å². The van der Waals surface area contributed by atoms with Crippen LogP contribution in [0.25, 0.3) is 0 Å². The van der Waals surface area contributed by atoms with Crippen molar-refractivity contribution in [2.75, 3.05) is 60.9 Å². The van der Waals surface area contributed by atoms with E-state index >= 15 is 0 Å². The summed E-state index contributed by atoms with van der Waals surface area (Å²) in [4.78, 5) is 64.0. The second-order valence-corrected chi connectivity index (χ2v) is 16.1. The first-order chi connectivity index (χ1) is 27.2. The minimum Gasteiger partial charge on any atom is -0.490 e. The number of benzene rings is 2. The van der Waals surface area contributed by atoms with Crippen LogP contribution < -0.4 is 25.2 Å². The van der Waals surface area contributed by atoms with Crippen molar-refractivity contribution in [1.82, 2.24) is 20.1 Å². The highest BCUT2D eigenvalue weighted by atomic mass is 35.5. The summed E-state index contributed by atoms with van der Waals surface area (Å²) in [5, 5.41) is 14.9. The van der Waals surface area contributed by atoms with E-state index < -0.39 is 6.04 Å². The Bertz CT molecular complexity index is 2010. The summed E-state index contributed by atoms with van der Waals surface area (Å²) in [6.07, 6.45) is 7.60. The molecule has 56 heavy (non-hydrogen) atoms. The molecule has 3 aromatic rings. The Labute approximate surface area is 331 Å². The molecule has 14 heteroatoms. The number of imide groups is 1. The van der Waals surface area contributed by atoms with Crippen molar-refractivity contribution in [2.24, 2.45) is 11.8 Å². The molecule has 1 aromatic heterocycles. The van der Waals surface area contributed by atoms with E-state index in [2.05, 4.69) is 37.5 Å². The van der Waals surface area contributed by atoms with Crippen molar-refractivity contribution in [2.45, 2.75) is 70.1 Å². The summed E-state index contributed by atoms with van der Waals surface area (Å²) in [6.45, 7) is 7.07. The van der Waals surface area contributed by atoms with Crippen LogP contribution in [0.2, 0.25) is 5.02 Å². The van der Waals surface area contributed by atoms with E-state index in [4.69, 9.17) is 26.6 Å². The van der Waals surface area contributed by atoms with Crippen molar-refractivity contribution in [3.8, 4) is 11.8 Å². The lowest BCUT2D eigenvalue weighted by molar-refractivity contribution is -0.137.